The number of aromatic nitrogens is 1. The number of ketones is 1. The molecule has 1 amide bonds. The van der Waals surface area contributed by atoms with Crippen LogP contribution in [-0.4, -0.2) is 35.4 Å². The summed E-state index contributed by atoms with van der Waals surface area (Å²) < 4.78 is 39.4. The van der Waals surface area contributed by atoms with E-state index in [0.717, 1.165) is 24.8 Å². The van der Waals surface area contributed by atoms with Crippen molar-refractivity contribution in [1.29, 1.82) is 0 Å². The van der Waals surface area contributed by atoms with Crippen LogP contribution >= 0.6 is 11.6 Å². The van der Waals surface area contributed by atoms with Crippen molar-refractivity contribution in [2.24, 2.45) is 11.8 Å². The first-order chi connectivity index (χ1) is 16.5. The molecule has 2 aliphatic carbocycles. The second-order valence-electron chi connectivity index (χ2n) is 8.89. The lowest BCUT2D eigenvalue weighted by Crippen LogP contribution is -2.34. The van der Waals surface area contributed by atoms with E-state index in [1.54, 1.807) is 13.8 Å². The fourth-order valence-corrected chi connectivity index (χ4v) is 4.59. The summed E-state index contributed by atoms with van der Waals surface area (Å²) in [6.45, 7) is 2.87. The van der Waals surface area contributed by atoms with Crippen molar-refractivity contribution in [3.8, 4) is 5.75 Å². The number of carbonyl (C=O) groups excluding carboxylic acids is 3. The van der Waals surface area contributed by atoms with Crippen LogP contribution in [0.1, 0.15) is 59.1 Å². The van der Waals surface area contributed by atoms with Gasteiger partial charge in [0, 0.05) is 24.2 Å². The lowest BCUT2D eigenvalue weighted by Gasteiger charge is -2.23. The minimum Gasteiger partial charge on any atom is -0.491 e. The van der Waals surface area contributed by atoms with E-state index in [4.69, 9.17) is 21.1 Å². The zero-order chi connectivity index (χ0) is 25.6. The first kappa shape index (κ1) is 24.8. The predicted molar refractivity (Wildman–Crippen MR) is 121 cm³/mol. The van der Waals surface area contributed by atoms with Gasteiger partial charge in [0.15, 0.2) is 17.2 Å². The number of nitrogens with one attached hydrogen (secondary N) is 1. The van der Waals surface area contributed by atoms with Crippen molar-refractivity contribution >= 4 is 29.3 Å². The highest BCUT2D eigenvalue weighted by molar-refractivity contribution is 6.30. The van der Waals surface area contributed by atoms with Crippen molar-refractivity contribution < 1.29 is 32.6 Å². The van der Waals surface area contributed by atoms with Gasteiger partial charge in [0.1, 0.15) is 22.2 Å². The molecule has 2 aliphatic rings. The molecule has 1 aromatic carbocycles. The number of fused-ring (bicyclic) bond motifs is 1. The van der Waals surface area contributed by atoms with E-state index in [1.165, 1.54) is 11.7 Å². The summed E-state index contributed by atoms with van der Waals surface area (Å²) in [5.74, 6) is -4.20. The van der Waals surface area contributed by atoms with Crippen molar-refractivity contribution in [3.05, 3.63) is 62.0 Å². The van der Waals surface area contributed by atoms with Crippen molar-refractivity contribution in [3.63, 3.8) is 0 Å². The summed E-state index contributed by atoms with van der Waals surface area (Å²) in [6.07, 6.45) is 1.86. The van der Waals surface area contributed by atoms with E-state index < -0.39 is 64.0 Å². The highest BCUT2D eigenvalue weighted by atomic mass is 35.5. The molecule has 2 saturated carbocycles. The van der Waals surface area contributed by atoms with E-state index in [1.807, 2.05) is 0 Å². The van der Waals surface area contributed by atoms with Gasteiger partial charge < -0.3 is 19.4 Å². The molecule has 8 nitrogen and oxygen atoms in total. The standard InChI is InChI=1S/C24H23ClF2N2O6/c1-10(2)35-24(33)19-22(34-3)21(31)14(9-29(19)16-7-12-6-13(12)20(16)30)23(32)28-8-11-4-5-15(26)17(25)18(11)27/h4-5,9-10,12-13,16H,6-8H2,1-3H3,(H,28,32)/t12-,13-,16-/m0/s1. The van der Waals surface area contributed by atoms with Crippen LogP contribution < -0.4 is 15.5 Å². The summed E-state index contributed by atoms with van der Waals surface area (Å²) in [5, 5.41) is 1.68. The van der Waals surface area contributed by atoms with Crippen LogP contribution in [0.25, 0.3) is 0 Å². The summed E-state index contributed by atoms with van der Waals surface area (Å²) in [4.78, 5) is 51.8. The maximum absolute atomic E-state index is 14.2. The molecular formula is C24H23ClF2N2O6. The predicted octanol–water partition coefficient (Wildman–Crippen LogP) is 3.43. The van der Waals surface area contributed by atoms with Gasteiger partial charge in [0.25, 0.3) is 5.91 Å². The van der Waals surface area contributed by atoms with Gasteiger partial charge in [-0.3, -0.25) is 14.4 Å². The topological polar surface area (TPSA) is 104 Å². The molecule has 186 valence electrons. The fraction of sp³-hybridized carbons (Fsp3) is 0.417. The van der Waals surface area contributed by atoms with Crippen molar-refractivity contribution in [2.45, 2.75) is 45.4 Å². The first-order valence-electron chi connectivity index (χ1n) is 11.0. The number of rotatable bonds is 7. The van der Waals surface area contributed by atoms with E-state index in [-0.39, 0.29) is 28.9 Å². The first-order valence-corrected chi connectivity index (χ1v) is 11.4. The normalized spacial score (nSPS) is 20.5. The molecule has 0 saturated heterocycles. The quantitative estimate of drug-likeness (QED) is 0.454. The Bertz CT molecular complexity index is 1290. The highest BCUT2D eigenvalue weighted by Gasteiger charge is 2.54. The second kappa shape index (κ2) is 9.41. The van der Waals surface area contributed by atoms with Gasteiger partial charge in [-0.2, -0.15) is 0 Å². The Balaban J connectivity index is 1.73. The third-order valence-electron chi connectivity index (χ3n) is 6.21. The molecule has 0 aliphatic heterocycles. The van der Waals surface area contributed by atoms with Gasteiger partial charge >= 0.3 is 5.97 Å². The molecule has 0 bridgehead atoms. The van der Waals surface area contributed by atoms with Crippen LogP contribution in [0, 0.1) is 23.5 Å². The average Bonchev–Trinajstić information content (AvgIpc) is 3.51. The van der Waals surface area contributed by atoms with Gasteiger partial charge in [-0.1, -0.05) is 17.7 Å². The average molecular weight is 509 g/mol. The van der Waals surface area contributed by atoms with E-state index in [0.29, 0.717) is 6.42 Å². The molecule has 0 spiro atoms. The number of pyridine rings is 1. The molecule has 3 atom stereocenters. The molecule has 11 heteroatoms. The SMILES string of the molecule is COc1c(C(=O)OC(C)C)n([C@H]2C[C@@H]3C[C@@H]3C2=O)cc(C(=O)NCc2ccc(F)c(Cl)c2F)c1=O. The fourth-order valence-electron chi connectivity index (χ4n) is 4.40. The monoisotopic (exact) mass is 508 g/mol. The lowest BCUT2D eigenvalue weighted by molar-refractivity contribution is -0.122. The summed E-state index contributed by atoms with van der Waals surface area (Å²) in [5.41, 5.74) is -1.66. The smallest absolute Gasteiger partial charge is 0.359 e. The molecule has 2 fully saturated rings. The Morgan fingerprint density at radius 2 is 1.94 bits per heavy atom. The molecule has 35 heavy (non-hydrogen) atoms. The molecule has 1 heterocycles. The number of nitrogens with zero attached hydrogens (tertiary/aromatic N) is 1. The van der Waals surface area contributed by atoms with Crippen LogP contribution in [0.5, 0.6) is 5.75 Å². The van der Waals surface area contributed by atoms with Gasteiger partial charge in [-0.25, -0.2) is 13.6 Å². The number of amides is 1. The van der Waals surface area contributed by atoms with Crippen LogP contribution in [-0.2, 0) is 16.1 Å². The maximum Gasteiger partial charge on any atom is 0.359 e. The van der Waals surface area contributed by atoms with Crippen LogP contribution in [0.15, 0.2) is 23.1 Å². The van der Waals surface area contributed by atoms with Gasteiger partial charge in [-0.05, 0) is 38.7 Å². The summed E-state index contributed by atoms with van der Waals surface area (Å²) >= 11 is 5.58. The Morgan fingerprint density at radius 3 is 2.54 bits per heavy atom. The van der Waals surface area contributed by atoms with Crippen LogP contribution in [0.3, 0.4) is 0 Å². The highest BCUT2D eigenvalue weighted by Crippen LogP contribution is 2.53. The van der Waals surface area contributed by atoms with Crippen LogP contribution in [0.4, 0.5) is 8.78 Å². The minimum atomic E-state index is -1.04. The third kappa shape index (κ3) is 4.54. The molecule has 4 rings (SSSR count). The molecule has 1 aromatic heterocycles. The van der Waals surface area contributed by atoms with Gasteiger partial charge in [0.05, 0.1) is 19.3 Å². The number of benzene rings is 1. The van der Waals surface area contributed by atoms with Gasteiger partial charge in [-0.15, -0.1) is 0 Å². The number of carbonyl (C=O) groups is 3. The van der Waals surface area contributed by atoms with Gasteiger partial charge in [0.2, 0.25) is 5.43 Å². The Kier molecular flexibility index (Phi) is 6.68. The number of esters is 1. The maximum atomic E-state index is 14.2. The number of ether oxygens (including phenoxy) is 2. The Labute approximate surface area is 204 Å². The molecule has 2 aromatic rings. The largest absolute Gasteiger partial charge is 0.491 e. The zero-order valence-corrected chi connectivity index (χ0v) is 19.9. The second-order valence-corrected chi connectivity index (χ2v) is 9.27. The van der Waals surface area contributed by atoms with Crippen molar-refractivity contribution in [1.82, 2.24) is 9.88 Å². The number of hydrogen-bond donors (Lipinski definition) is 1. The third-order valence-corrected chi connectivity index (χ3v) is 6.56. The molecular weight excluding hydrogens is 486 g/mol. The summed E-state index contributed by atoms with van der Waals surface area (Å²) in [7, 11) is 1.17. The number of Topliss-reactive ketones (excluding diaryl/α,β-unsaturated/α-hetero) is 1. The number of hydrogen-bond acceptors (Lipinski definition) is 6. The lowest BCUT2D eigenvalue weighted by atomic mass is 10.1. The number of methoxy groups -OCH3 is 1. The Morgan fingerprint density at radius 1 is 1.23 bits per heavy atom. The minimum absolute atomic E-state index is 0.0892. The molecule has 0 radical (unpaired) electrons. The number of halogens is 3. The van der Waals surface area contributed by atoms with Crippen LogP contribution in [0.2, 0.25) is 5.02 Å². The summed E-state index contributed by atoms with van der Waals surface area (Å²) in [6, 6.07) is 1.31. The van der Waals surface area contributed by atoms with E-state index >= 15 is 0 Å². The van der Waals surface area contributed by atoms with E-state index in [2.05, 4.69) is 5.32 Å². The molecule has 0 unspecified atom stereocenters. The molecule has 1 N–H and O–H groups in total. The Hall–Kier alpha value is -3.27. The van der Waals surface area contributed by atoms with E-state index in [9.17, 15) is 28.0 Å². The van der Waals surface area contributed by atoms with Crippen molar-refractivity contribution in [2.75, 3.05) is 7.11 Å². The zero-order valence-electron chi connectivity index (χ0n) is 19.2.